The number of halogens is 1. The average Bonchev–Trinajstić information content (AvgIpc) is 3.10. The Morgan fingerprint density at radius 1 is 1.40 bits per heavy atom. The van der Waals surface area contributed by atoms with Gasteiger partial charge in [-0.05, 0) is 44.3 Å². The molecular formula is C15H18FN3O. The SMILES string of the molecule is CN(Cc1ncc(-c2ccc(F)cc2)o1)C1CCNC1. The molecule has 20 heavy (non-hydrogen) atoms. The molecule has 1 unspecified atom stereocenters. The van der Waals surface area contributed by atoms with E-state index in [2.05, 4.69) is 22.2 Å². The van der Waals surface area contributed by atoms with Gasteiger partial charge in [-0.2, -0.15) is 0 Å². The number of rotatable bonds is 4. The number of nitrogens with one attached hydrogen (secondary N) is 1. The topological polar surface area (TPSA) is 41.3 Å². The molecule has 2 aromatic rings. The Balaban J connectivity index is 1.68. The number of likely N-dealkylation sites (N-methyl/N-ethyl adjacent to an activating group) is 1. The van der Waals surface area contributed by atoms with E-state index in [-0.39, 0.29) is 5.82 Å². The quantitative estimate of drug-likeness (QED) is 0.929. The number of benzene rings is 1. The molecule has 4 nitrogen and oxygen atoms in total. The molecule has 0 saturated carbocycles. The van der Waals surface area contributed by atoms with Crippen molar-refractivity contribution in [1.82, 2.24) is 15.2 Å². The molecule has 3 rings (SSSR count). The maximum Gasteiger partial charge on any atom is 0.209 e. The van der Waals surface area contributed by atoms with Crippen molar-refractivity contribution in [3.63, 3.8) is 0 Å². The van der Waals surface area contributed by atoms with Gasteiger partial charge in [-0.15, -0.1) is 0 Å². The van der Waals surface area contributed by atoms with Crippen LogP contribution in [-0.2, 0) is 6.54 Å². The fourth-order valence-electron chi connectivity index (χ4n) is 2.49. The third-order valence-corrected chi connectivity index (χ3v) is 3.72. The molecule has 0 bridgehead atoms. The van der Waals surface area contributed by atoms with Crippen LogP contribution in [0.1, 0.15) is 12.3 Å². The molecule has 0 radical (unpaired) electrons. The van der Waals surface area contributed by atoms with Crippen molar-refractivity contribution in [3.8, 4) is 11.3 Å². The third kappa shape index (κ3) is 2.89. The first-order chi connectivity index (χ1) is 9.72. The minimum atomic E-state index is -0.248. The van der Waals surface area contributed by atoms with Crippen LogP contribution in [0.25, 0.3) is 11.3 Å². The standard InChI is InChI=1S/C15H18FN3O/c1-19(13-6-7-17-8-13)10-15-18-9-14(20-15)11-2-4-12(16)5-3-11/h2-5,9,13,17H,6-8,10H2,1H3. The summed E-state index contributed by atoms with van der Waals surface area (Å²) in [6.45, 7) is 2.77. The van der Waals surface area contributed by atoms with E-state index in [1.54, 1.807) is 18.3 Å². The van der Waals surface area contributed by atoms with Crippen LogP contribution < -0.4 is 5.32 Å². The van der Waals surface area contributed by atoms with E-state index in [1.165, 1.54) is 12.1 Å². The normalized spacial score (nSPS) is 18.9. The molecule has 0 aliphatic carbocycles. The molecule has 5 heteroatoms. The predicted octanol–water partition coefficient (Wildman–Crippen LogP) is 2.27. The molecule has 1 atom stereocenters. The van der Waals surface area contributed by atoms with Gasteiger partial charge >= 0.3 is 0 Å². The first-order valence-corrected chi connectivity index (χ1v) is 6.84. The summed E-state index contributed by atoms with van der Waals surface area (Å²) in [5, 5.41) is 3.35. The first kappa shape index (κ1) is 13.3. The second kappa shape index (κ2) is 5.73. The van der Waals surface area contributed by atoms with Gasteiger partial charge in [0.05, 0.1) is 12.7 Å². The summed E-state index contributed by atoms with van der Waals surface area (Å²) in [6, 6.07) is 6.78. The second-order valence-electron chi connectivity index (χ2n) is 5.19. The van der Waals surface area contributed by atoms with Crippen LogP contribution in [-0.4, -0.2) is 36.1 Å². The Morgan fingerprint density at radius 2 is 2.20 bits per heavy atom. The summed E-state index contributed by atoms with van der Waals surface area (Å²) >= 11 is 0. The van der Waals surface area contributed by atoms with Crippen LogP contribution in [0.3, 0.4) is 0 Å². The van der Waals surface area contributed by atoms with Crippen molar-refractivity contribution in [2.24, 2.45) is 0 Å². The van der Waals surface area contributed by atoms with Gasteiger partial charge in [0.15, 0.2) is 5.76 Å². The Kier molecular flexibility index (Phi) is 3.80. The lowest BCUT2D eigenvalue weighted by Gasteiger charge is -2.21. The van der Waals surface area contributed by atoms with Crippen molar-refractivity contribution in [3.05, 3.63) is 42.2 Å². The molecule has 1 aromatic heterocycles. The Bertz CT molecular complexity index is 561. The van der Waals surface area contributed by atoms with Crippen molar-refractivity contribution < 1.29 is 8.81 Å². The molecule has 1 aliphatic heterocycles. The minimum absolute atomic E-state index is 0.248. The zero-order valence-electron chi connectivity index (χ0n) is 11.5. The average molecular weight is 275 g/mol. The highest BCUT2D eigenvalue weighted by atomic mass is 19.1. The Morgan fingerprint density at radius 3 is 2.90 bits per heavy atom. The lowest BCUT2D eigenvalue weighted by Crippen LogP contribution is -2.32. The van der Waals surface area contributed by atoms with Gasteiger partial charge in [0.25, 0.3) is 0 Å². The summed E-state index contributed by atoms with van der Waals surface area (Å²) < 4.78 is 18.6. The van der Waals surface area contributed by atoms with Gasteiger partial charge < -0.3 is 9.73 Å². The smallest absolute Gasteiger partial charge is 0.209 e. The zero-order chi connectivity index (χ0) is 13.9. The number of hydrogen-bond donors (Lipinski definition) is 1. The molecule has 1 N–H and O–H groups in total. The van der Waals surface area contributed by atoms with Gasteiger partial charge in [-0.1, -0.05) is 0 Å². The van der Waals surface area contributed by atoms with Crippen molar-refractivity contribution >= 4 is 0 Å². The second-order valence-corrected chi connectivity index (χ2v) is 5.19. The number of oxazole rings is 1. The van der Waals surface area contributed by atoms with E-state index in [0.717, 1.165) is 25.1 Å². The maximum atomic E-state index is 12.9. The molecule has 1 saturated heterocycles. The van der Waals surface area contributed by atoms with E-state index in [1.807, 2.05) is 0 Å². The minimum Gasteiger partial charge on any atom is -0.439 e. The van der Waals surface area contributed by atoms with E-state index < -0.39 is 0 Å². The molecule has 0 amide bonds. The first-order valence-electron chi connectivity index (χ1n) is 6.84. The third-order valence-electron chi connectivity index (χ3n) is 3.72. The van der Waals surface area contributed by atoms with Crippen LogP contribution in [0.5, 0.6) is 0 Å². The van der Waals surface area contributed by atoms with Gasteiger partial charge in [0.1, 0.15) is 5.82 Å². The van der Waals surface area contributed by atoms with Gasteiger partial charge in [-0.25, -0.2) is 9.37 Å². The van der Waals surface area contributed by atoms with Crippen LogP contribution in [0.2, 0.25) is 0 Å². The van der Waals surface area contributed by atoms with Crippen LogP contribution in [0.15, 0.2) is 34.9 Å². The lowest BCUT2D eigenvalue weighted by molar-refractivity contribution is 0.226. The maximum absolute atomic E-state index is 12.9. The summed E-state index contributed by atoms with van der Waals surface area (Å²) in [7, 11) is 2.08. The molecule has 106 valence electrons. The zero-order valence-corrected chi connectivity index (χ0v) is 11.5. The highest BCUT2D eigenvalue weighted by Crippen LogP contribution is 2.21. The van der Waals surface area contributed by atoms with Gasteiger partial charge in [0, 0.05) is 18.2 Å². The summed E-state index contributed by atoms with van der Waals surface area (Å²) in [4.78, 5) is 6.55. The fraction of sp³-hybridized carbons (Fsp3) is 0.400. The Labute approximate surface area is 117 Å². The summed E-state index contributed by atoms with van der Waals surface area (Å²) in [6.07, 6.45) is 2.85. The van der Waals surface area contributed by atoms with E-state index in [0.29, 0.717) is 24.2 Å². The van der Waals surface area contributed by atoms with E-state index in [9.17, 15) is 4.39 Å². The monoisotopic (exact) mass is 275 g/mol. The van der Waals surface area contributed by atoms with Crippen molar-refractivity contribution in [2.75, 3.05) is 20.1 Å². The van der Waals surface area contributed by atoms with Crippen LogP contribution >= 0.6 is 0 Å². The number of nitrogens with zero attached hydrogens (tertiary/aromatic N) is 2. The summed E-state index contributed by atoms with van der Waals surface area (Å²) in [5.41, 5.74) is 0.843. The highest BCUT2D eigenvalue weighted by molar-refractivity contribution is 5.55. The van der Waals surface area contributed by atoms with Gasteiger partial charge in [-0.3, -0.25) is 4.90 Å². The number of aromatic nitrogens is 1. The molecule has 1 fully saturated rings. The molecule has 0 spiro atoms. The van der Waals surface area contributed by atoms with E-state index in [4.69, 9.17) is 4.42 Å². The van der Waals surface area contributed by atoms with Crippen molar-refractivity contribution in [2.45, 2.75) is 19.0 Å². The van der Waals surface area contributed by atoms with Crippen LogP contribution in [0, 0.1) is 5.82 Å². The van der Waals surface area contributed by atoms with Crippen molar-refractivity contribution in [1.29, 1.82) is 0 Å². The van der Waals surface area contributed by atoms with E-state index >= 15 is 0 Å². The number of hydrogen-bond acceptors (Lipinski definition) is 4. The molecule has 1 aliphatic rings. The molecular weight excluding hydrogens is 257 g/mol. The molecule has 1 aromatic carbocycles. The predicted molar refractivity (Wildman–Crippen MR) is 74.6 cm³/mol. The van der Waals surface area contributed by atoms with Crippen LogP contribution in [0.4, 0.5) is 4.39 Å². The highest BCUT2D eigenvalue weighted by Gasteiger charge is 2.20. The lowest BCUT2D eigenvalue weighted by atomic mass is 10.2. The summed E-state index contributed by atoms with van der Waals surface area (Å²) in [5.74, 6) is 1.12. The molecule has 2 heterocycles. The largest absolute Gasteiger partial charge is 0.439 e. The van der Waals surface area contributed by atoms with Gasteiger partial charge in [0.2, 0.25) is 5.89 Å². The Hall–Kier alpha value is -1.72. The fourth-order valence-corrected chi connectivity index (χ4v) is 2.49.